The van der Waals surface area contributed by atoms with Crippen LogP contribution in [0.5, 0.6) is 0 Å². The molecule has 0 radical (unpaired) electrons. The molecular formula is C11H24N2O2. The van der Waals surface area contributed by atoms with E-state index >= 15 is 0 Å². The number of unbranched alkanes of at least 4 members (excludes halogenated alkanes) is 1. The zero-order valence-electron chi connectivity index (χ0n) is 9.67. The third-order valence-electron chi connectivity index (χ3n) is 3.37. The van der Waals surface area contributed by atoms with E-state index < -0.39 is 0 Å². The van der Waals surface area contributed by atoms with Gasteiger partial charge in [0.2, 0.25) is 0 Å². The van der Waals surface area contributed by atoms with Crippen molar-refractivity contribution in [3.05, 3.63) is 0 Å². The lowest BCUT2D eigenvalue weighted by Gasteiger charge is -2.35. The molecular weight excluding hydrogens is 192 g/mol. The molecule has 2 atom stereocenters. The molecule has 4 heteroatoms. The van der Waals surface area contributed by atoms with Crippen LogP contribution in [-0.4, -0.2) is 43.6 Å². The number of hydrogen-bond acceptors (Lipinski definition) is 4. The summed E-state index contributed by atoms with van der Waals surface area (Å²) in [5.74, 6) is 0.525. The van der Waals surface area contributed by atoms with E-state index in [4.69, 9.17) is 15.6 Å². The van der Waals surface area contributed by atoms with Gasteiger partial charge in [0.15, 0.2) is 0 Å². The van der Waals surface area contributed by atoms with Crippen LogP contribution in [-0.2, 0) is 4.74 Å². The Morgan fingerprint density at radius 1 is 1.53 bits per heavy atom. The SMILES string of the molecule is CC(CN)(NCCCCO)C1CCOC1. The van der Waals surface area contributed by atoms with Crippen molar-refractivity contribution in [2.45, 2.75) is 31.7 Å². The summed E-state index contributed by atoms with van der Waals surface area (Å²) in [6.45, 7) is 5.68. The van der Waals surface area contributed by atoms with Crippen molar-refractivity contribution in [2.24, 2.45) is 11.7 Å². The molecule has 0 saturated carbocycles. The van der Waals surface area contributed by atoms with Crippen LogP contribution in [0.4, 0.5) is 0 Å². The summed E-state index contributed by atoms with van der Waals surface area (Å²) >= 11 is 0. The summed E-state index contributed by atoms with van der Waals surface area (Å²) in [6, 6.07) is 0. The predicted molar refractivity (Wildman–Crippen MR) is 60.7 cm³/mol. The monoisotopic (exact) mass is 216 g/mol. The fourth-order valence-corrected chi connectivity index (χ4v) is 2.03. The van der Waals surface area contributed by atoms with Crippen molar-refractivity contribution in [3.63, 3.8) is 0 Å². The van der Waals surface area contributed by atoms with Crippen molar-refractivity contribution in [3.8, 4) is 0 Å². The van der Waals surface area contributed by atoms with Crippen LogP contribution in [0, 0.1) is 5.92 Å². The lowest BCUT2D eigenvalue weighted by atomic mass is 9.85. The first-order valence-electron chi connectivity index (χ1n) is 5.86. The molecule has 15 heavy (non-hydrogen) atoms. The second-order valence-corrected chi connectivity index (χ2v) is 4.54. The second kappa shape index (κ2) is 6.43. The number of aliphatic hydroxyl groups excluding tert-OH is 1. The number of hydrogen-bond donors (Lipinski definition) is 3. The first-order valence-corrected chi connectivity index (χ1v) is 5.86. The van der Waals surface area contributed by atoms with E-state index in [1.54, 1.807) is 0 Å². The highest BCUT2D eigenvalue weighted by atomic mass is 16.5. The summed E-state index contributed by atoms with van der Waals surface area (Å²) < 4.78 is 5.40. The van der Waals surface area contributed by atoms with E-state index in [9.17, 15) is 0 Å². The van der Waals surface area contributed by atoms with Gasteiger partial charge in [-0.2, -0.15) is 0 Å². The molecule has 0 aromatic rings. The van der Waals surface area contributed by atoms with Gasteiger partial charge in [0.1, 0.15) is 0 Å². The Bertz CT molecular complexity index is 172. The van der Waals surface area contributed by atoms with Gasteiger partial charge in [-0.15, -0.1) is 0 Å². The van der Waals surface area contributed by atoms with E-state index in [0.717, 1.165) is 39.0 Å². The average Bonchev–Trinajstić information content (AvgIpc) is 2.78. The average molecular weight is 216 g/mol. The zero-order chi connectivity index (χ0) is 11.1. The highest BCUT2D eigenvalue weighted by molar-refractivity contribution is 4.93. The van der Waals surface area contributed by atoms with Crippen LogP contribution in [0.2, 0.25) is 0 Å². The Labute approximate surface area is 92.2 Å². The van der Waals surface area contributed by atoms with Crippen LogP contribution in [0.15, 0.2) is 0 Å². The highest BCUT2D eigenvalue weighted by Gasteiger charge is 2.34. The third-order valence-corrected chi connectivity index (χ3v) is 3.37. The Morgan fingerprint density at radius 3 is 2.87 bits per heavy atom. The van der Waals surface area contributed by atoms with Gasteiger partial charge in [-0.05, 0) is 32.7 Å². The molecule has 4 N–H and O–H groups in total. The zero-order valence-corrected chi connectivity index (χ0v) is 9.67. The van der Waals surface area contributed by atoms with E-state index in [1.165, 1.54) is 0 Å². The van der Waals surface area contributed by atoms with Crippen LogP contribution in [0.25, 0.3) is 0 Å². The number of nitrogens with one attached hydrogen (secondary N) is 1. The van der Waals surface area contributed by atoms with Gasteiger partial charge in [0.05, 0.1) is 6.61 Å². The number of rotatable bonds is 7. The van der Waals surface area contributed by atoms with Crippen molar-refractivity contribution in [1.29, 1.82) is 0 Å². The first-order chi connectivity index (χ1) is 7.23. The number of ether oxygens (including phenoxy) is 1. The van der Waals surface area contributed by atoms with Crippen LogP contribution >= 0.6 is 0 Å². The molecule has 1 rings (SSSR count). The van der Waals surface area contributed by atoms with E-state index in [-0.39, 0.29) is 12.1 Å². The number of aliphatic hydroxyl groups is 1. The third kappa shape index (κ3) is 3.72. The van der Waals surface area contributed by atoms with E-state index in [2.05, 4.69) is 12.2 Å². The summed E-state index contributed by atoms with van der Waals surface area (Å²) in [5.41, 5.74) is 5.83. The van der Waals surface area contributed by atoms with Crippen molar-refractivity contribution in [2.75, 3.05) is 32.9 Å². The quantitative estimate of drug-likeness (QED) is 0.528. The van der Waals surface area contributed by atoms with Gasteiger partial charge in [-0.3, -0.25) is 0 Å². The van der Waals surface area contributed by atoms with Crippen LogP contribution in [0.1, 0.15) is 26.2 Å². The van der Waals surface area contributed by atoms with E-state index in [0.29, 0.717) is 12.5 Å². The lowest BCUT2D eigenvalue weighted by molar-refractivity contribution is 0.154. The molecule has 1 aliphatic heterocycles. The second-order valence-electron chi connectivity index (χ2n) is 4.54. The van der Waals surface area contributed by atoms with Gasteiger partial charge in [0, 0.05) is 31.2 Å². The summed E-state index contributed by atoms with van der Waals surface area (Å²) in [4.78, 5) is 0. The highest BCUT2D eigenvalue weighted by Crippen LogP contribution is 2.24. The number of nitrogens with two attached hydrogens (primary N) is 1. The minimum absolute atomic E-state index is 0.00798. The summed E-state index contributed by atoms with van der Waals surface area (Å²) in [5, 5.41) is 12.2. The Hall–Kier alpha value is -0.160. The summed E-state index contributed by atoms with van der Waals surface area (Å²) in [6.07, 6.45) is 2.95. The normalized spacial score (nSPS) is 25.4. The maximum atomic E-state index is 8.69. The molecule has 0 aromatic carbocycles. The topological polar surface area (TPSA) is 67.5 Å². The minimum atomic E-state index is -0.00798. The minimum Gasteiger partial charge on any atom is -0.396 e. The summed E-state index contributed by atoms with van der Waals surface area (Å²) in [7, 11) is 0. The molecule has 1 aliphatic rings. The maximum Gasteiger partial charge on any atom is 0.0513 e. The van der Waals surface area contributed by atoms with Crippen LogP contribution < -0.4 is 11.1 Å². The van der Waals surface area contributed by atoms with Gasteiger partial charge in [0.25, 0.3) is 0 Å². The molecule has 4 nitrogen and oxygen atoms in total. The first kappa shape index (κ1) is 12.9. The molecule has 1 fully saturated rings. The smallest absolute Gasteiger partial charge is 0.0513 e. The van der Waals surface area contributed by atoms with Crippen molar-refractivity contribution in [1.82, 2.24) is 5.32 Å². The van der Waals surface area contributed by atoms with Gasteiger partial charge < -0.3 is 20.9 Å². The Kier molecular flexibility index (Phi) is 5.53. The fraction of sp³-hybridized carbons (Fsp3) is 1.00. The van der Waals surface area contributed by atoms with Gasteiger partial charge in [-0.25, -0.2) is 0 Å². The fourth-order valence-electron chi connectivity index (χ4n) is 2.03. The molecule has 2 unspecified atom stereocenters. The van der Waals surface area contributed by atoms with Gasteiger partial charge in [-0.1, -0.05) is 0 Å². The Morgan fingerprint density at radius 2 is 2.33 bits per heavy atom. The van der Waals surface area contributed by atoms with E-state index in [1.807, 2.05) is 0 Å². The molecule has 0 amide bonds. The van der Waals surface area contributed by atoms with Crippen molar-refractivity contribution < 1.29 is 9.84 Å². The maximum absolute atomic E-state index is 8.69. The molecule has 0 aromatic heterocycles. The van der Waals surface area contributed by atoms with Crippen LogP contribution in [0.3, 0.4) is 0 Å². The molecule has 0 bridgehead atoms. The standard InChI is InChI=1S/C11H24N2O2/c1-11(9-12,10-4-7-15-8-10)13-5-2-3-6-14/h10,13-14H,2-9,12H2,1H3. The van der Waals surface area contributed by atoms with Gasteiger partial charge >= 0.3 is 0 Å². The lowest BCUT2D eigenvalue weighted by Crippen LogP contribution is -2.54. The molecule has 1 heterocycles. The molecule has 0 aliphatic carbocycles. The molecule has 1 saturated heterocycles. The molecule has 90 valence electrons. The molecule has 0 spiro atoms. The Balaban J connectivity index is 2.30. The predicted octanol–water partition coefficient (Wildman–Crippen LogP) is 0.102. The largest absolute Gasteiger partial charge is 0.396 e. The van der Waals surface area contributed by atoms with Crippen molar-refractivity contribution >= 4 is 0 Å².